The quantitative estimate of drug-likeness (QED) is 0.593. The Labute approximate surface area is 169 Å². The number of carbonyl (C=O) groups is 3. The SMILES string of the molecule is CC(=O)Nc1ccc(NC(=O)[C@H](C)OC(=O)c2csc(-c3cccs3)n2)cc1. The van der Waals surface area contributed by atoms with Crippen LogP contribution in [0.4, 0.5) is 11.4 Å². The first-order valence-electron chi connectivity index (χ1n) is 8.31. The lowest BCUT2D eigenvalue weighted by Gasteiger charge is -2.13. The number of esters is 1. The summed E-state index contributed by atoms with van der Waals surface area (Å²) in [5, 5.41) is 9.58. The lowest BCUT2D eigenvalue weighted by atomic mass is 10.2. The first-order valence-corrected chi connectivity index (χ1v) is 10.1. The Morgan fingerprint density at radius 2 is 1.71 bits per heavy atom. The largest absolute Gasteiger partial charge is 0.448 e. The summed E-state index contributed by atoms with van der Waals surface area (Å²) >= 11 is 2.88. The lowest BCUT2D eigenvalue weighted by Crippen LogP contribution is -2.30. The molecule has 0 fully saturated rings. The van der Waals surface area contributed by atoms with Gasteiger partial charge in [-0.15, -0.1) is 22.7 Å². The number of nitrogens with zero attached hydrogens (tertiary/aromatic N) is 1. The van der Waals surface area contributed by atoms with Crippen LogP contribution in [0, 0.1) is 0 Å². The number of thiophene rings is 1. The molecule has 0 spiro atoms. The van der Waals surface area contributed by atoms with Gasteiger partial charge in [-0.25, -0.2) is 9.78 Å². The van der Waals surface area contributed by atoms with E-state index in [4.69, 9.17) is 4.74 Å². The normalized spacial score (nSPS) is 11.5. The number of carbonyl (C=O) groups excluding carboxylic acids is 3. The molecule has 28 heavy (non-hydrogen) atoms. The van der Waals surface area contributed by atoms with Crippen molar-refractivity contribution < 1.29 is 19.1 Å². The summed E-state index contributed by atoms with van der Waals surface area (Å²) in [5.41, 5.74) is 1.32. The topological polar surface area (TPSA) is 97.4 Å². The molecule has 0 unspecified atom stereocenters. The van der Waals surface area contributed by atoms with Crippen molar-refractivity contribution in [3.05, 3.63) is 52.9 Å². The minimum atomic E-state index is -0.991. The van der Waals surface area contributed by atoms with E-state index in [0.717, 1.165) is 9.88 Å². The number of amides is 2. The van der Waals surface area contributed by atoms with Gasteiger partial charge in [-0.1, -0.05) is 6.07 Å². The van der Waals surface area contributed by atoms with Crippen LogP contribution < -0.4 is 10.6 Å². The smallest absolute Gasteiger partial charge is 0.358 e. The standard InChI is InChI=1S/C19H17N3O4S2/c1-11(17(24)21-14-7-5-13(6-8-14)20-12(2)23)26-19(25)15-10-28-18(22-15)16-4-3-9-27-16/h3-11H,1-2H3,(H,20,23)(H,21,24)/t11-/m0/s1. The summed E-state index contributed by atoms with van der Waals surface area (Å²) in [7, 11) is 0. The molecule has 1 aromatic carbocycles. The van der Waals surface area contributed by atoms with Crippen molar-refractivity contribution in [2.24, 2.45) is 0 Å². The van der Waals surface area contributed by atoms with E-state index in [0.29, 0.717) is 11.4 Å². The Morgan fingerprint density at radius 3 is 2.32 bits per heavy atom. The Balaban J connectivity index is 1.56. The van der Waals surface area contributed by atoms with Crippen LogP contribution in [0.25, 0.3) is 9.88 Å². The number of anilines is 2. The summed E-state index contributed by atoms with van der Waals surface area (Å²) in [4.78, 5) is 40.8. The number of ether oxygens (including phenoxy) is 1. The molecule has 0 aliphatic heterocycles. The van der Waals surface area contributed by atoms with Gasteiger partial charge in [0, 0.05) is 23.7 Å². The molecular weight excluding hydrogens is 398 g/mol. The molecule has 1 atom stereocenters. The minimum absolute atomic E-state index is 0.174. The Morgan fingerprint density at radius 1 is 1.04 bits per heavy atom. The van der Waals surface area contributed by atoms with Crippen LogP contribution in [0.15, 0.2) is 47.2 Å². The fourth-order valence-electron chi connectivity index (χ4n) is 2.24. The highest BCUT2D eigenvalue weighted by atomic mass is 32.1. The molecule has 0 radical (unpaired) electrons. The molecule has 0 saturated heterocycles. The number of rotatable bonds is 6. The van der Waals surface area contributed by atoms with Crippen molar-refractivity contribution in [3.63, 3.8) is 0 Å². The predicted molar refractivity (Wildman–Crippen MR) is 110 cm³/mol. The highest BCUT2D eigenvalue weighted by Crippen LogP contribution is 2.28. The summed E-state index contributed by atoms with van der Waals surface area (Å²) < 4.78 is 5.22. The van der Waals surface area contributed by atoms with Gasteiger partial charge in [0.15, 0.2) is 11.8 Å². The van der Waals surface area contributed by atoms with Crippen LogP contribution in [-0.2, 0) is 14.3 Å². The van der Waals surface area contributed by atoms with Gasteiger partial charge in [-0.2, -0.15) is 0 Å². The molecule has 0 aliphatic carbocycles. The molecule has 3 rings (SSSR count). The van der Waals surface area contributed by atoms with Gasteiger partial charge in [-0.3, -0.25) is 9.59 Å². The van der Waals surface area contributed by atoms with Crippen molar-refractivity contribution in [1.29, 1.82) is 0 Å². The molecule has 3 aromatic rings. The van der Waals surface area contributed by atoms with Crippen molar-refractivity contribution in [3.8, 4) is 9.88 Å². The van der Waals surface area contributed by atoms with Gasteiger partial charge >= 0.3 is 5.97 Å². The number of thiazole rings is 1. The lowest BCUT2D eigenvalue weighted by molar-refractivity contribution is -0.123. The summed E-state index contributed by atoms with van der Waals surface area (Å²) in [6.45, 7) is 2.91. The van der Waals surface area contributed by atoms with Gasteiger partial charge in [0.05, 0.1) is 4.88 Å². The highest BCUT2D eigenvalue weighted by Gasteiger charge is 2.21. The van der Waals surface area contributed by atoms with Crippen molar-refractivity contribution in [2.45, 2.75) is 20.0 Å². The van der Waals surface area contributed by atoms with Crippen LogP contribution in [0.2, 0.25) is 0 Å². The zero-order chi connectivity index (χ0) is 20.1. The van der Waals surface area contributed by atoms with E-state index in [1.165, 1.54) is 36.5 Å². The number of hydrogen-bond acceptors (Lipinski definition) is 7. The van der Waals surface area contributed by atoms with Gasteiger partial charge in [-0.05, 0) is 42.6 Å². The maximum absolute atomic E-state index is 12.3. The summed E-state index contributed by atoms with van der Waals surface area (Å²) in [6.07, 6.45) is -0.991. The molecule has 9 heteroatoms. The van der Waals surface area contributed by atoms with E-state index in [9.17, 15) is 14.4 Å². The predicted octanol–water partition coefficient (Wildman–Crippen LogP) is 4.01. The second-order valence-electron chi connectivity index (χ2n) is 5.81. The number of aromatic nitrogens is 1. The molecular formula is C19H17N3O4S2. The fourth-order valence-corrected chi connectivity index (χ4v) is 3.84. The zero-order valence-corrected chi connectivity index (χ0v) is 16.7. The molecule has 7 nitrogen and oxygen atoms in total. The minimum Gasteiger partial charge on any atom is -0.448 e. The van der Waals surface area contributed by atoms with E-state index in [-0.39, 0.29) is 11.6 Å². The third kappa shape index (κ3) is 5.02. The number of nitrogens with one attached hydrogen (secondary N) is 2. The Hall–Kier alpha value is -3.04. The van der Waals surface area contributed by atoms with Crippen LogP contribution in [0.1, 0.15) is 24.3 Å². The first-order chi connectivity index (χ1) is 13.4. The molecule has 2 heterocycles. The average Bonchev–Trinajstić information content (AvgIpc) is 3.34. The molecule has 0 bridgehead atoms. The molecule has 2 amide bonds. The van der Waals surface area contributed by atoms with E-state index in [2.05, 4.69) is 15.6 Å². The molecule has 0 saturated carbocycles. The Bertz CT molecular complexity index is 981. The second kappa shape index (κ2) is 8.77. The number of benzene rings is 1. The molecule has 2 N–H and O–H groups in total. The maximum Gasteiger partial charge on any atom is 0.358 e. The molecule has 144 valence electrons. The third-order valence-electron chi connectivity index (χ3n) is 3.57. The van der Waals surface area contributed by atoms with Crippen LogP contribution in [0.3, 0.4) is 0 Å². The number of hydrogen-bond donors (Lipinski definition) is 2. The van der Waals surface area contributed by atoms with E-state index >= 15 is 0 Å². The highest BCUT2D eigenvalue weighted by molar-refractivity contribution is 7.20. The van der Waals surface area contributed by atoms with Crippen LogP contribution in [0.5, 0.6) is 0 Å². The van der Waals surface area contributed by atoms with Gasteiger partial charge in [0.25, 0.3) is 5.91 Å². The van der Waals surface area contributed by atoms with Gasteiger partial charge in [0.2, 0.25) is 5.91 Å². The molecule has 0 aliphatic rings. The fraction of sp³-hybridized carbons (Fsp3) is 0.158. The summed E-state index contributed by atoms with van der Waals surface area (Å²) in [6, 6.07) is 10.4. The monoisotopic (exact) mass is 415 g/mol. The van der Waals surface area contributed by atoms with E-state index in [1.54, 1.807) is 29.6 Å². The Kier molecular flexibility index (Phi) is 6.17. The van der Waals surface area contributed by atoms with Gasteiger partial charge in [0.1, 0.15) is 5.01 Å². The van der Waals surface area contributed by atoms with Crippen molar-refractivity contribution in [2.75, 3.05) is 10.6 Å². The van der Waals surface area contributed by atoms with E-state index in [1.807, 2.05) is 17.5 Å². The van der Waals surface area contributed by atoms with Crippen molar-refractivity contribution in [1.82, 2.24) is 4.98 Å². The maximum atomic E-state index is 12.3. The third-order valence-corrected chi connectivity index (χ3v) is 5.45. The zero-order valence-electron chi connectivity index (χ0n) is 15.1. The van der Waals surface area contributed by atoms with Crippen LogP contribution in [-0.4, -0.2) is 28.9 Å². The molecule has 2 aromatic heterocycles. The van der Waals surface area contributed by atoms with Crippen molar-refractivity contribution >= 4 is 51.8 Å². The average molecular weight is 415 g/mol. The van der Waals surface area contributed by atoms with Gasteiger partial charge < -0.3 is 15.4 Å². The van der Waals surface area contributed by atoms with Crippen LogP contribution >= 0.6 is 22.7 Å². The summed E-state index contributed by atoms with van der Waals surface area (Å²) in [5.74, 6) is -1.29. The van der Waals surface area contributed by atoms with E-state index < -0.39 is 18.0 Å². The second-order valence-corrected chi connectivity index (χ2v) is 7.62. The first kappa shape index (κ1) is 19.7.